The fourth-order valence-electron chi connectivity index (χ4n) is 1.88. The summed E-state index contributed by atoms with van der Waals surface area (Å²) in [5.74, 6) is 0. The molecule has 0 aliphatic carbocycles. The van der Waals surface area contributed by atoms with Crippen LogP contribution in [-0.2, 0) is 0 Å². The highest BCUT2D eigenvalue weighted by molar-refractivity contribution is 5.65. The maximum absolute atomic E-state index is 3.40. The molecule has 0 aromatic heterocycles. The number of hydrogen-bond acceptors (Lipinski definition) is 2. The van der Waals surface area contributed by atoms with Gasteiger partial charge in [-0.1, -0.05) is 49.4 Å². The van der Waals surface area contributed by atoms with Crippen molar-refractivity contribution in [1.29, 1.82) is 0 Å². The standard InChI is InChI=1S/C16H20N2/c1-2-17-12-13-18-16-10-8-15(9-11-16)14-6-4-3-5-7-14/h3-11,17-18H,2,12-13H2,1H3. The minimum atomic E-state index is 0.957. The number of nitrogens with one attached hydrogen (secondary N) is 2. The van der Waals surface area contributed by atoms with E-state index in [4.69, 9.17) is 0 Å². The Balaban J connectivity index is 1.94. The second kappa shape index (κ2) is 6.82. The van der Waals surface area contributed by atoms with Gasteiger partial charge in [-0.15, -0.1) is 0 Å². The van der Waals surface area contributed by atoms with E-state index in [2.05, 4.69) is 66.1 Å². The lowest BCUT2D eigenvalue weighted by molar-refractivity contribution is 0.739. The molecule has 0 aliphatic rings. The molecule has 0 spiro atoms. The monoisotopic (exact) mass is 240 g/mol. The Morgan fingerprint density at radius 3 is 2.11 bits per heavy atom. The van der Waals surface area contributed by atoms with Gasteiger partial charge in [-0.05, 0) is 29.8 Å². The summed E-state index contributed by atoms with van der Waals surface area (Å²) in [6.07, 6.45) is 0. The predicted octanol–water partition coefficient (Wildman–Crippen LogP) is 3.38. The maximum atomic E-state index is 3.40. The van der Waals surface area contributed by atoms with Gasteiger partial charge in [0.1, 0.15) is 0 Å². The van der Waals surface area contributed by atoms with Crippen LogP contribution >= 0.6 is 0 Å². The first-order valence-corrected chi connectivity index (χ1v) is 6.50. The molecule has 0 aliphatic heterocycles. The summed E-state index contributed by atoms with van der Waals surface area (Å²) in [6, 6.07) is 19.0. The molecule has 0 fully saturated rings. The summed E-state index contributed by atoms with van der Waals surface area (Å²) in [4.78, 5) is 0. The van der Waals surface area contributed by atoms with Crippen molar-refractivity contribution in [3.05, 3.63) is 54.6 Å². The SMILES string of the molecule is CCNCCNc1ccc(-c2ccccc2)cc1. The van der Waals surface area contributed by atoms with Gasteiger partial charge in [-0.2, -0.15) is 0 Å². The molecule has 2 aromatic carbocycles. The summed E-state index contributed by atoms with van der Waals surface area (Å²) < 4.78 is 0. The molecule has 0 saturated carbocycles. The molecule has 0 saturated heterocycles. The molecular weight excluding hydrogens is 220 g/mol. The average molecular weight is 240 g/mol. The van der Waals surface area contributed by atoms with Crippen molar-refractivity contribution in [1.82, 2.24) is 5.32 Å². The Morgan fingerprint density at radius 1 is 0.778 bits per heavy atom. The molecule has 0 unspecified atom stereocenters. The quantitative estimate of drug-likeness (QED) is 0.756. The molecule has 0 bridgehead atoms. The van der Waals surface area contributed by atoms with Crippen LogP contribution in [0.4, 0.5) is 5.69 Å². The third-order valence-corrected chi connectivity index (χ3v) is 2.87. The van der Waals surface area contributed by atoms with Crippen molar-refractivity contribution >= 4 is 5.69 Å². The van der Waals surface area contributed by atoms with Crippen LogP contribution in [0.25, 0.3) is 11.1 Å². The van der Waals surface area contributed by atoms with Crippen molar-refractivity contribution in [3.63, 3.8) is 0 Å². The zero-order valence-corrected chi connectivity index (χ0v) is 10.8. The van der Waals surface area contributed by atoms with Crippen LogP contribution in [0.5, 0.6) is 0 Å². The van der Waals surface area contributed by atoms with Crippen LogP contribution in [0.15, 0.2) is 54.6 Å². The Morgan fingerprint density at radius 2 is 1.44 bits per heavy atom. The summed E-state index contributed by atoms with van der Waals surface area (Å²) in [6.45, 7) is 5.10. The van der Waals surface area contributed by atoms with Crippen LogP contribution in [0.1, 0.15) is 6.92 Å². The van der Waals surface area contributed by atoms with Crippen LogP contribution in [0.2, 0.25) is 0 Å². The molecular formula is C16H20N2. The number of anilines is 1. The first-order chi connectivity index (χ1) is 8.90. The van der Waals surface area contributed by atoms with E-state index in [0.717, 1.165) is 19.6 Å². The van der Waals surface area contributed by atoms with Crippen LogP contribution in [0.3, 0.4) is 0 Å². The van der Waals surface area contributed by atoms with Gasteiger partial charge in [0, 0.05) is 18.8 Å². The summed E-state index contributed by atoms with van der Waals surface area (Å²) in [7, 11) is 0. The number of hydrogen-bond donors (Lipinski definition) is 2. The first kappa shape index (κ1) is 12.7. The number of benzene rings is 2. The molecule has 0 amide bonds. The highest BCUT2D eigenvalue weighted by Crippen LogP contribution is 2.20. The summed E-state index contributed by atoms with van der Waals surface area (Å²) in [5.41, 5.74) is 3.69. The fraction of sp³-hybridized carbons (Fsp3) is 0.250. The van der Waals surface area contributed by atoms with Crippen molar-refractivity contribution in [2.75, 3.05) is 25.0 Å². The van der Waals surface area contributed by atoms with Gasteiger partial charge in [-0.3, -0.25) is 0 Å². The van der Waals surface area contributed by atoms with E-state index >= 15 is 0 Å². The molecule has 2 aromatic rings. The van der Waals surface area contributed by atoms with Crippen LogP contribution in [0, 0.1) is 0 Å². The number of likely N-dealkylation sites (N-methyl/N-ethyl adjacent to an activating group) is 1. The van der Waals surface area contributed by atoms with Gasteiger partial charge < -0.3 is 10.6 Å². The first-order valence-electron chi connectivity index (χ1n) is 6.50. The van der Waals surface area contributed by atoms with Crippen molar-refractivity contribution in [2.24, 2.45) is 0 Å². The molecule has 2 heteroatoms. The van der Waals surface area contributed by atoms with E-state index in [0.29, 0.717) is 0 Å². The highest BCUT2D eigenvalue weighted by Gasteiger charge is 1.96. The van der Waals surface area contributed by atoms with Gasteiger partial charge in [0.2, 0.25) is 0 Å². The lowest BCUT2D eigenvalue weighted by Crippen LogP contribution is -2.21. The van der Waals surface area contributed by atoms with Gasteiger partial charge in [-0.25, -0.2) is 0 Å². The van der Waals surface area contributed by atoms with Crippen LogP contribution in [-0.4, -0.2) is 19.6 Å². The fourth-order valence-corrected chi connectivity index (χ4v) is 1.88. The minimum Gasteiger partial charge on any atom is -0.384 e. The van der Waals surface area contributed by atoms with E-state index in [1.165, 1.54) is 16.8 Å². The van der Waals surface area contributed by atoms with Crippen molar-refractivity contribution in [3.8, 4) is 11.1 Å². The third kappa shape index (κ3) is 3.60. The van der Waals surface area contributed by atoms with Crippen LogP contribution < -0.4 is 10.6 Å². The highest BCUT2D eigenvalue weighted by atomic mass is 14.9. The molecule has 0 radical (unpaired) electrons. The Kier molecular flexibility index (Phi) is 4.79. The van der Waals surface area contributed by atoms with E-state index in [1.54, 1.807) is 0 Å². The molecule has 94 valence electrons. The average Bonchev–Trinajstić information content (AvgIpc) is 2.45. The summed E-state index contributed by atoms with van der Waals surface area (Å²) >= 11 is 0. The molecule has 0 atom stereocenters. The lowest BCUT2D eigenvalue weighted by Gasteiger charge is -2.08. The molecule has 2 N–H and O–H groups in total. The predicted molar refractivity (Wildman–Crippen MR) is 78.9 cm³/mol. The van der Waals surface area contributed by atoms with E-state index < -0.39 is 0 Å². The zero-order valence-electron chi connectivity index (χ0n) is 10.8. The molecule has 2 nitrogen and oxygen atoms in total. The van der Waals surface area contributed by atoms with Gasteiger partial charge >= 0.3 is 0 Å². The second-order valence-electron chi connectivity index (χ2n) is 4.22. The minimum absolute atomic E-state index is 0.957. The summed E-state index contributed by atoms with van der Waals surface area (Å²) in [5, 5.41) is 6.69. The lowest BCUT2D eigenvalue weighted by atomic mass is 10.1. The van der Waals surface area contributed by atoms with Gasteiger partial charge in [0.15, 0.2) is 0 Å². The zero-order chi connectivity index (χ0) is 12.6. The topological polar surface area (TPSA) is 24.1 Å². The Bertz CT molecular complexity index is 448. The van der Waals surface area contributed by atoms with Crippen molar-refractivity contribution in [2.45, 2.75) is 6.92 Å². The molecule has 0 heterocycles. The smallest absolute Gasteiger partial charge is 0.0341 e. The number of rotatable bonds is 6. The molecule has 2 rings (SSSR count). The van der Waals surface area contributed by atoms with Gasteiger partial charge in [0.05, 0.1) is 0 Å². The Hall–Kier alpha value is -1.80. The van der Waals surface area contributed by atoms with Gasteiger partial charge in [0.25, 0.3) is 0 Å². The maximum Gasteiger partial charge on any atom is 0.0341 e. The molecule has 18 heavy (non-hydrogen) atoms. The largest absolute Gasteiger partial charge is 0.384 e. The van der Waals surface area contributed by atoms with Crippen molar-refractivity contribution < 1.29 is 0 Å². The normalized spacial score (nSPS) is 10.3. The van der Waals surface area contributed by atoms with E-state index in [-0.39, 0.29) is 0 Å². The van der Waals surface area contributed by atoms with E-state index in [1.807, 2.05) is 6.07 Å². The van der Waals surface area contributed by atoms with E-state index in [9.17, 15) is 0 Å². The second-order valence-corrected chi connectivity index (χ2v) is 4.22. The third-order valence-electron chi connectivity index (χ3n) is 2.87. The Labute approximate surface area is 109 Å².